The number of esters is 1. The fraction of sp³-hybridized carbons (Fsp3) is 0.526. The van der Waals surface area contributed by atoms with E-state index in [0.717, 1.165) is 24.2 Å². The molecule has 0 atom stereocenters. The highest BCUT2D eigenvalue weighted by molar-refractivity contribution is 5.95. The van der Waals surface area contributed by atoms with E-state index in [0.29, 0.717) is 18.9 Å². The number of aliphatic imine (C=N–C) groups is 1. The number of amides is 1. The van der Waals surface area contributed by atoms with E-state index >= 15 is 0 Å². The van der Waals surface area contributed by atoms with Crippen molar-refractivity contribution in [3.63, 3.8) is 0 Å². The first-order valence-corrected chi connectivity index (χ1v) is 8.84. The Morgan fingerprint density at radius 2 is 1.92 bits per heavy atom. The quantitative estimate of drug-likeness (QED) is 0.475. The van der Waals surface area contributed by atoms with Gasteiger partial charge in [-0.05, 0) is 44.9 Å². The third kappa shape index (κ3) is 6.06. The number of anilines is 1. The fourth-order valence-electron chi connectivity index (χ4n) is 2.65. The number of guanidine groups is 1. The number of nitrogens with one attached hydrogen (secondary N) is 2. The number of carbonyl (C=O) groups excluding carboxylic acids is 2. The van der Waals surface area contributed by atoms with Crippen LogP contribution in [0.1, 0.15) is 39.2 Å². The molecule has 1 aromatic rings. The van der Waals surface area contributed by atoms with E-state index in [-0.39, 0.29) is 18.4 Å². The maximum atomic E-state index is 11.8. The van der Waals surface area contributed by atoms with Crippen molar-refractivity contribution in [2.75, 3.05) is 25.0 Å². The zero-order chi connectivity index (χ0) is 19.2. The molecule has 1 aromatic carbocycles. The molecule has 0 bridgehead atoms. The highest BCUT2D eigenvalue weighted by Crippen LogP contribution is 2.21. The van der Waals surface area contributed by atoms with Gasteiger partial charge in [-0.1, -0.05) is 12.1 Å². The fourth-order valence-corrected chi connectivity index (χ4v) is 2.65. The average molecular weight is 360 g/mol. The summed E-state index contributed by atoms with van der Waals surface area (Å²) in [5.41, 5.74) is 1.48. The van der Waals surface area contributed by atoms with Crippen LogP contribution in [0.2, 0.25) is 0 Å². The predicted octanol–water partition coefficient (Wildman–Crippen LogP) is 1.82. The van der Waals surface area contributed by atoms with Crippen LogP contribution < -0.4 is 15.5 Å². The Balaban J connectivity index is 1.81. The highest BCUT2D eigenvalue weighted by atomic mass is 16.6. The molecule has 26 heavy (non-hydrogen) atoms. The van der Waals surface area contributed by atoms with E-state index in [4.69, 9.17) is 4.74 Å². The van der Waals surface area contributed by atoms with Gasteiger partial charge in [0.15, 0.2) is 5.96 Å². The second-order valence-electron chi connectivity index (χ2n) is 7.18. The number of carbonyl (C=O) groups is 2. The average Bonchev–Trinajstić information content (AvgIpc) is 3.00. The zero-order valence-electron chi connectivity index (χ0n) is 16.0. The molecule has 1 amide bonds. The van der Waals surface area contributed by atoms with Gasteiger partial charge < -0.3 is 20.3 Å². The van der Waals surface area contributed by atoms with E-state index < -0.39 is 5.60 Å². The number of hydrogen-bond acceptors (Lipinski definition) is 4. The van der Waals surface area contributed by atoms with Crippen molar-refractivity contribution in [2.24, 2.45) is 4.99 Å². The molecule has 0 radical (unpaired) electrons. The molecule has 0 aromatic heterocycles. The molecule has 7 nitrogen and oxygen atoms in total. The van der Waals surface area contributed by atoms with Crippen LogP contribution in [0, 0.1) is 0 Å². The molecule has 142 valence electrons. The molecule has 0 unspecified atom stereocenters. The van der Waals surface area contributed by atoms with Gasteiger partial charge in [-0.2, -0.15) is 0 Å². The van der Waals surface area contributed by atoms with E-state index in [1.54, 1.807) is 7.05 Å². The summed E-state index contributed by atoms with van der Waals surface area (Å²) >= 11 is 0. The molecule has 2 rings (SSSR count). The monoisotopic (exact) mass is 360 g/mol. The lowest BCUT2D eigenvalue weighted by atomic mass is 10.2. The normalized spacial score (nSPS) is 15.2. The minimum absolute atomic E-state index is 0.0486. The van der Waals surface area contributed by atoms with Crippen molar-refractivity contribution in [3.8, 4) is 0 Å². The Morgan fingerprint density at radius 1 is 1.23 bits per heavy atom. The molecule has 1 heterocycles. The predicted molar refractivity (Wildman–Crippen MR) is 102 cm³/mol. The molecule has 2 N–H and O–H groups in total. The van der Waals surface area contributed by atoms with Gasteiger partial charge in [-0.15, -0.1) is 0 Å². The first-order chi connectivity index (χ1) is 12.3. The van der Waals surface area contributed by atoms with Crippen LogP contribution in [0.15, 0.2) is 29.3 Å². The summed E-state index contributed by atoms with van der Waals surface area (Å²) in [6.07, 6.45) is 1.55. The second kappa shape index (κ2) is 8.69. The van der Waals surface area contributed by atoms with Crippen molar-refractivity contribution in [3.05, 3.63) is 29.8 Å². The van der Waals surface area contributed by atoms with Crippen LogP contribution in [0.25, 0.3) is 0 Å². The van der Waals surface area contributed by atoms with E-state index in [1.165, 1.54) is 0 Å². The maximum Gasteiger partial charge on any atom is 0.325 e. The Kier molecular flexibility index (Phi) is 6.60. The SMILES string of the molecule is CN=C(NCC(=O)OC(C)(C)C)NCc1ccc(N2CCCC2=O)cc1. The third-order valence-electron chi connectivity index (χ3n) is 3.83. The smallest absolute Gasteiger partial charge is 0.325 e. The Morgan fingerprint density at radius 3 is 2.46 bits per heavy atom. The molecule has 0 spiro atoms. The van der Waals surface area contributed by atoms with Crippen molar-refractivity contribution in [1.29, 1.82) is 0 Å². The summed E-state index contributed by atoms with van der Waals surface area (Å²) < 4.78 is 5.25. The number of hydrogen-bond donors (Lipinski definition) is 2. The van der Waals surface area contributed by atoms with Crippen LogP contribution in [-0.2, 0) is 20.9 Å². The minimum Gasteiger partial charge on any atom is -0.459 e. The summed E-state index contributed by atoms with van der Waals surface area (Å²) in [6, 6.07) is 7.87. The minimum atomic E-state index is -0.506. The second-order valence-corrected chi connectivity index (χ2v) is 7.18. The zero-order valence-corrected chi connectivity index (χ0v) is 16.0. The van der Waals surface area contributed by atoms with Crippen molar-refractivity contribution < 1.29 is 14.3 Å². The first kappa shape index (κ1) is 19.8. The Bertz CT molecular complexity index is 662. The lowest BCUT2D eigenvalue weighted by Crippen LogP contribution is -2.41. The molecule has 1 saturated heterocycles. The lowest BCUT2D eigenvalue weighted by molar-refractivity contribution is -0.153. The molecule has 1 aliphatic rings. The van der Waals surface area contributed by atoms with Crippen LogP contribution in [0.5, 0.6) is 0 Å². The number of nitrogens with zero attached hydrogens (tertiary/aromatic N) is 2. The number of rotatable bonds is 5. The molecule has 1 aliphatic heterocycles. The van der Waals surface area contributed by atoms with Gasteiger partial charge in [0.1, 0.15) is 12.1 Å². The molecule has 1 fully saturated rings. The summed E-state index contributed by atoms with van der Waals surface area (Å²) in [5.74, 6) is 0.373. The van der Waals surface area contributed by atoms with Gasteiger partial charge in [0, 0.05) is 32.2 Å². The van der Waals surface area contributed by atoms with Crippen molar-refractivity contribution in [1.82, 2.24) is 10.6 Å². The summed E-state index contributed by atoms with van der Waals surface area (Å²) in [6.45, 7) is 6.89. The van der Waals surface area contributed by atoms with Gasteiger partial charge in [-0.25, -0.2) is 0 Å². The summed E-state index contributed by atoms with van der Waals surface area (Å²) in [4.78, 5) is 29.4. The molecule has 0 aliphatic carbocycles. The third-order valence-corrected chi connectivity index (χ3v) is 3.83. The summed E-state index contributed by atoms with van der Waals surface area (Å²) in [7, 11) is 1.65. The van der Waals surface area contributed by atoms with Crippen LogP contribution >= 0.6 is 0 Å². The van der Waals surface area contributed by atoms with Crippen LogP contribution in [-0.4, -0.2) is 43.6 Å². The van der Waals surface area contributed by atoms with Crippen molar-refractivity contribution in [2.45, 2.75) is 45.8 Å². The Labute approximate surface area is 154 Å². The number of benzene rings is 1. The standard InChI is InChI=1S/C19H28N4O3/c1-19(2,3)26-17(25)13-22-18(20-4)21-12-14-7-9-15(10-8-14)23-11-5-6-16(23)24/h7-10H,5-6,11-13H2,1-4H3,(H2,20,21,22). The van der Waals surface area contributed by atoms with Gasteiger partial charge in [0.2, 0.25) is 5.91 Å². The van der Waals surface area contributed by atoms with Gasteiger partial charge in [0.05, 0.1) is 0 Å². The lowest BCUT2D eigenvalue weighted by Gasteiger charge is -2.20. The highest BCUT2D eigenvalue weighted by Gasteiger charge is 2.21. The van der Waals surface area contributed by atoms with Gasteiger partial charge >= 0.3 is 5.97 Å². The van der Waals surface area contributed by atoms with E-state index in [9.17, 15) is 9.59 Å². The van der Waals surface area contributed by atoms with Crippen LogP contribution in [0.4, 0.5) is 5.69 Å². The first-order valence-electron chi connectivity index (χ1n) is 8.84. The molecule has 7 heteroatoms. The van der Waals surface area contributed by atoms with Gasteiger partial charge in [0.25, 0.3) is 0 Å². The van der Waals surface area contributed by atoms with Crippen molar-refractivity contribution >= 4 is 23.5 Å². The summed E-state index contributed by atoms with van der Waals surface area (Å²) in [5, 5.41) is 6.09. The van der Waals surface area contributed by atoms with Gasteiger partial charge in [-0.3, -0.25) is 14.6 Å². The largest absolute Gasteiger partial charge is 0.459 e. The maximum absolute atomic E-state index is 11.8. The van der Waals surface area contributed by atoms with Crippen LogP contribution in [0.3, 0.4) is 0 Å². The van der Waals surface area contributed by atoms with E-state index in [1.807, 2.05) is 49.9 Å². The topological polar surface area (TPSA) is 83.0 Å². The number of ether oxygens (including phenoxy) is 1. The molecular formula is C19H28N4O3. The van der Waals surface area contributed by atoms with E-state index in [2.05, 4.69) is 15.6 Å². The Hall–Kier alpha value is -2.57. The molecule has 0 saturated carbocycles. The molecular weight excluding hydrogens is 332 g/mol.